The van der Waals surface area contributed by atoms with Crippen LogP contribution in [0.1, 0.15) is 19.8 Å². The first-order valence-corrected chi connectivity index (χ1v) is 6.61. The number of hydrogen-bond acceptors (Lipinski definition) is 2. The van der Waals surface area contributed by atoms with Crippen molar-refractivity contribution in [2.45, 2.75) is 29.9 Å². The quantitative estimate of drug-likeness (QED) is 0.481. The molecule has 0 saturated heterocycles. The molecule has 0 saturated carbocycles. The van der Waals surface area contributed by atoms with E-state index in [1.165, 1.54) is 0 Å². The molecule has 0 bridgehead atoms. The molecule has 0 heterocycles. The maximum absolute atomic E-state index is 7.30. The smallest absolute Gasteiger partial charge is 0.0916 e. The molecule has 0 amide bonds. The molecule has 0 spiro atoms. The normalized spacial score (nSPS) is 12.4. The number of nitrogens with one attached hydrogen (secondary N) is 1. The molecule has 0 aliphatic heterocycles. The van der Waals surface area contributed by atoms with Gasteiger partial charge in [0.1, 0.15) is 0 Å². The van der Waals surface area contributed by atoms with Gasteiger partial charge in [-0.2, -0.15) is 0 Å². The van der Waals surface area contributed by atoms with Gasteiger partial charge in [-0.05, 0) is 24.6 Å². The highest BCUT2D eigenvalue weighted by molar-refractivity contribution is 8.00. The Kier molecular flexibility index (Phi) is 5.46. The fourth-order valence-corrected chi connectivity index (χ4v) is 2.91. The van der Waals surface area contributed by atoms with E-state index in [1.807, 2.05) is 6.07 Å². The van der Waals surface area contributed by atoms with Crippen LogP contribution in [-0.4, -0.2) is 11.1 Å². The molecular weight excluding hydrogens is 263 g/mol. The van der Waals surface area contributed by atoms with Gasteiger partial charge in [0.25, 0.3) is 0 Å². The lowest BCUT2D eigenvalue weighted by Crippen LogP contribution is -2.16. The molecule has 1 unspecified atom stereocenters. The topological polar surface area (TPSA) is 49.9 Å². The van der Waals surface area contributed by atoms with Crippen molar-refractivity contribution in [2.24, 2.45) is 5.73 Å². The standard InChI is InChI=1S/C11H14Cl2N2S/c1-2-8(6-11(14)15)16-10-5-7(12)3-4-9(10)13/h3-5,8H,2,6H2,1H3,(H3,14,15). The third-order valence-electron chi connectivity index (χ3n) is 2.09. The predicted octanol–water partition coefficient (Wildman–Crippen LogP) is 4.19. The molecule has 2 nitrogen and oxygen atoms in total. The molecule has 0 fully saturated rings. The molecule has 0 aliphatic rings. The lowest BCUT2D eigenvalue weighted by molar-refractivity contribution is 0.849. The second kappa shape index (κ2) is 6.38. The fraction of sp³-hybridized carbons (Fsp3) is 0.364. The second-order valence-electron chi connectivity index (χ2n) is 3.45. The third-order valence-corrected chi connectivity index (χ3v) is 4.19. The van der Waals surface area contributed by atoms with Crippen LogP contribution >= 0.6 is 35.0 Å². The van der Waals surface area contributed by atoms with Gasteiger partial charge in [-0.3, -0.25) is 5.41 Å². The van der Waals surface area contributed by atoms with Crippen molar-refractivity contribution in [3.05, 3.63) is 28.2 Å². The number of amidine groups is 1. The molecular formula is C11H14Cl2N2S. The van der Waals surface area contributed by atoms with Crippen LogP contribution < -0.4 is 5.73 Å². The van der Waals surface area contributed by atoms with E-state index in [-0.39, 0.29) is 11.1 Å². The number of rotatable bonds is 5. The molecule has 0 aromatic heterocycles. The minimum atomic E-state index is 0.206. The zero-order valence-electron chi connectivity index (χ0n) is 8.97. The maximum atomic E-state index is 7.30. The second-order valence-corrected chi connectivity index (χ2v) is 5.64. The van der Waals surface area contributed by atoms with Gasteiger partial charge >= 0.3 is 0 Å². The Morgan fingerprint density at radius 1 is 1.50 bits per heavy atom. The van der Waals surface area contributed by atoms with Gasteiger partial charge in [-0.25, -0.2) is 0 Å². The SMILES string of the molecule is CCC(CC(=N)N)Sc1cc(Cl)ccc1Cl. The summed E-state index contributed by atoms with van der Waals surface area (Å²) in [5, 5.41) is 8.93. The Hall–Kier alpha value is -0.380. The van der Waals surface area contributed by atoms with Crippen LogP contribution in [0.3, 0.4) is 0 Å². The number of hydrogen-bond donors (Lipinski definition) is 2. The number of benzene rings is 1. The van der Waals surface area contributed by atoms with E-state index in [4.69, 9.17) is 34.3 Å². The summed E-state index contributed by atoms with van der Waals surface area (Å²) >= 11 is 13.6. The predicted molar refractivity (Wildman–Crippen MR) is 72.9 cm³/mol. The summed E-state index contributed by atoms with van der Waals surface area (Å²) < 4.78 is 0. The van der Waals surface area contributed by atoms with E-state index < -0.39 is 0 Å². The fourth-order valence-electron chi connectivity index (χ4n) is 1.26. The minimum absolute atomic E-state index is 0.206. The van der Waals surface area contributed by atoms with Crippen molar-refractivity contribution in [1.82, 2.24) is 0 Å². The molecule has 0 aliphatic carbocycles. The van der Waals surface area contributed by atoms with Gasteiger partial charge in [-0.15, -0.1) is 11.8 Å². The summed E-state index contributed by atoms with van der Waals surface area (Å²) in [6, 6.07) is 5.39. The number of nitrogens with two attached hydrogens (primary N) is 1. The molecule has 5 heteroatoms. The van der Waals surface area contributed by atoms with Gasteiger partial charge in [0.05, 0.1) is 10.9 Å². The van der Waals surface area contributed by atoms with Crippen molar-refractivity contribution < 1.29 is 0 Å². The zero-order chi connectivity index (χ0) is 12.1. The highest BCUT2D eigenvalue weighted by Crippen LogP contribution is 2.34. The molecule has 1 aromatic rings. The summed E-state index contributed by atoms with van der Waals surface area (Å²) in [7, 11) is 0. The Morgan fingerprint density at radius 2 is 2.19 bits per heavy atom. The Morgan fingerprint density at radius 3 is 2.75 bits per heavy atom. The molecule has 3 N–H and O–H groups in total. The van der Waals surface area contributed by atoms with Crippen molar-refractivity contribution >= 4 is 40.8 Å². The molecule has 1 aromatic carbocycles. The van der Waals surface area contributed by atoms with Crippen LogP contribution in [0.25, 0.3) is 0 Å². The third kappa shape index (κ3) is 4.24. The summed E-state index contributed by atoms with van der Waals surface area (Å²) in [5.41, 5.74) is 5.40. The zero-order valence-corrected chi connectivity index (χ0v) is 11.3. The molecule has 1 rings (SSSR count). The van der Waals surface area contributed by atoms with Crippen molar-refractivity contribution in [3.8, 4) is 0 Å². The lowest BCUT2D eigenvalue weighted by Gasteiger charge is -2.14. The molecule has 88 valence electrons. The van der Waals surface area contributed by atoms with Gasteiger partial charge in [0, 0.05) is 21.6 Å². The average molecular weight is 277 g/mol. The Balaban J connectivity index is 2.77. The van der Waals surface area contributed by atoms with Gasteiger partial charge in [0.15, 0.2) is 0 Å². The van der Waals surface area contributed by atoms with E-state index in [9.17, 15) is 0 Å². The van der Waals surface area contributed by atoms with Crippen molar-refractivity contribution in [2.75, 3.05) is 0 Å². The summed E-state index contributed by atoms with van der Waals surface area (Å²) in [6.45, 7) is 2.07. The van der Waals surface area contributed by atoms with Gasteiger partial charge < -0.3 is 5.73 Å². The first-order chi connectivity index (χ1) is 7.52. The van der Waals surface area contributed by atoms with Gasteiger partial charge in [-0.1, -0.05) is 30.1 Å². The average Bonchev–Trinajstić information content (AvgIpc) is 2.21. The minimum Gasteiger partial charge on any atom is -0.388 e. The molecule has 16 heavy (non-hydrogen) atoms. The highest BCUT2D eigenvalue weighted by atomic mass is 35.5. The van der Waals surface area contributed by atoms with Crippen molar-refractivity contribution in [3.63, 3.8) is 0 Å². The van der Waals surface area contributed by atoms with Gasteiger partial charge in [0.2, 0.25) is 0 Å². The van der Waals surface area contributed by atoms with E-state index >= 15 is 0 Å². The van der Waals surface area contributed by atoms with Crippen LogP contribution in [0.15, 0.2) is 23.1 Å². The highest BCUT2D eigenvalue weighted by Gasteiger charge is 2.12. The molecule has 1 atom stereocenters. The van der Waals surface area contributed by atoms with E-state index in [2.05, 4.69) is 6.92 Å². The monoisotopic (exact) mass is 276 g/mol. The van der Waals surface area contributed by atoms with Crippen LogP contribution in [0.2, 0.25) is 10.0 Å². The Labute approximate surface area is 110 Å². The van der Waals surface area contributed by atoms with E-state index in [0.717, 1.165) is 11.3 Å². The number of thioether (sulfide) groups is 1. The summed E-state index contributed by atoms with van der Waals surface area (Å²) in [5.74, 6) is 0.206. The number of halogens is 2. The first kappa shape index (κ1) is 13.7. The lowest BCUT2D eigenvalue weighted by atomic mass is 10.2. The van der Waals surface area contributed by atoms with E-state index in [0.29, 0.717) is 16.5 Å². The Bertz CT molecular complexity index is 382. The van der Waals surface area contributed by atoms with E-state index in [1.54, 1.807) is 23.9 Å². The largest absolute Gasteiger partial charge is 0.388 e. The first-order valence-electron chi connectivity index (χ1n) is 4.97. The van der Waals surface area contributed by atoms with Crippen LogP contribution in [0, 0.1) is 5.41 Å². The van der Waals surface area contributed by atoms with Crippen LogP contribution in [0.5, 0.6) is 0 Å². The van der Waals surface area contributed by atoms with Crippen LogP contribution in [-0.2, 0) is 0 Å². The summed E-state index contributed by atoms with van der Waals surface area (Å²) in [4.78, 5) is 0.947. The summed E-state index contributed by atoms with van der Waals surface area (Å²) in [6.07, 6.45) is 1.51. The van der Waals surface area contributed by atoms with Crippen LogP contribution in [0.4, 0.5) is 0 Å². The van der Waals surface area contributed by atoms with Crippen molar-refractivity contribution in [1.29, 1.82) is 5.41 Å². The molecule has 0 radical (unpaired) electrons. The maximum Gasteiger partial charge on any atom is 0.0916 e.